The second kappa shape index (κ2) is 4.68. The highest BCUT2D eigenvalue weighted by Gasteiger charge is 2.38. The van der Waals surface area contributed by atoms with Crippen LogP contribution in [0.2, 0.25) is 0 Å². The topological polar surface area (TPSA) is 12.0 Å². The van der Waals surface area contributed by atoms with E-state index >= 15 is 0 Å². The SMILES string of the molecule is CC1CCCCC1NC1CC(C)(C)CC1C. The van der Waals surface area contributed by atoms with Gasteiger partial charge in [-0.3, -0.25) is 0 Å². The highest BCUT2D eigenvalue weighted by Crippen LogP contribution is 2.41. The van der Waals surface area contributed by atoms with Gasteiger partial charge in [-0.1, -0.05) is 40.5 Å². The van der Waals surface area contributed by atoms with Crippen LogP contribution in [-0.4, -0.2) is 12.1 Å². The van der Waals surface area contributed by atoms with Crippen molar-refractivity contribution in [2.45, 2.75) is 78.3 Å². The second-order valence-electron chi connectivity index (χ2n) is 7.19. The van der Waals surface area contributed by atoms with Crippen molar-refractivity contribution in [3.05, 3.63) is 0 Å². The van der Waals surface area contributed by atoms with Crippen LogP contribution in [-0.2, 0) is 0 Å². The van der Waals surface area contributed by atoms with Gasteiger partial charge in [-0.2, -0.15) is 0 Å². The Balaban J connectivity index is 1.89. The molecule has 0 spiro atoms. The summed E-state index contributed by atoms with van der Waals surface area (Å²) in [6, 6.07) is 1.58. The Morgan fingerprint density at radius 1 is 0.875 bits per heavy atom. The van der Waals surface area contributed by atoms with Crippen LogP contribution in [0.25, 0.3) is 0 Å². The van der Waals surface area contributed by atoms with E-state index in [1.54, 1.807) is 0 Å². The van der Waals surface area contributed by atoms with Gasteiger partial charge in [0, 0.05) is 12.1 Å². The van der Waals surface area contributed by atoms with Gasteiger partial charge in [-0.25, -0.2) is 0 Å². The zero-order valence-corrected chi connectivity index (χ0v) is 11.6. The monoisotopic (exact) mass is 223 g/mol. The van der Waals surface area contributed by atoms with Gasteiger partial charge < -0.3 is 5.32 Å². The molecule has 0 aliphatic heterocycles. The molecule has 1 heteroatoms. The summed E-state index contributed by atoms with van der Waals surface area (Å²) in [7, 11) is 0. The van der Waals surface area contributed by atoms with E-state index in [4.69, 9.17) is 0 Å². The van der Waals surface area contributed by atoms with E-state index < -0.39 is 0 Å². The molecule has 0 bridgehead atoms. The largest absolute Gasteiger partial charge is 0.311 e. The van der Waals surface area contributed by atoms with E-state index in [9.17, 15) is 0 Å². The molecular weight excluding hydrogens is 194 g/mol. The molecular formula is C15H29N. The molecule has 2 fully saturated rings. The van der Waals surface area contributed by atoms with Crippen molar-refractivity contribution in [1.82, 2.24) is 5.32 Å². The van der Waals surface area contributed by atoms with Crippen LogP contribution in [0.3, 0.4) is 0 Å². The zero-order valence-electron chi connectivity index (χ0n) is 11.6. The lowest BCUT2D eigenvalue weighted by Gasteiger charge is -2.33. The van der Waals surface area contributed by atoms with Crippen molar-refractivity contribution in [3.8, 4) is 0 Å². The Morgan fingerprint density at radius 2 is 1.56 bits per heavy atom. The Labute approximate surface area is 101 Å². The van der Waals surface area contributed by atoms with Crippen LogP contribution in [0.4, 0.5) is 0 Å². The van der Waals surface area contributed by atoms with Gasteiger partial charge in [0.25, 0.3) is 0 Å². The molecule has 4 unspecified atom stereocenters. The van der Waals surface area contributed by atoms with Crippen LogP contribution in [0.15, 0.2) is 0 Å². The summed E-state index contributed by atoms with van der Waals surface area (Å²) < 4.78 is 0. The summed E-state index contributed by atoms with van der Waals surface area (Å²) in [6.45, 7) is 9.71. The number of rotatable bonds is 2. The quantitative estimate of drug-likeness (QED) is 0.746. The molecule has 4 atom stereocenters. The Hall–Kier alpha value is -0.0400. The predicted molar refractivity (Wildman–Crippen MR) is 70.5 cm³/mol. The molecule has 2 saturated carbocycles. The highest BCUT2D eigenvalue weighted by molar-refractivity contribution is 4.93. The molecule has 0 aromatic carbocycles. The minimum Gasteiger partial charge on any atom is -0.311 e. The third-order valence-corrected chi connectivity index (χ3v) is 4.87. The number of hydrogen-bond acceptors (Lipinski definition) is 1. The molecule has 0 radical (unpaired) electrons. The second-order valence-corrected chi connectivity index (χ2v) is 7.19. The molecule has 1 nitrogen and oxygen atoms in total. The van der Waals surface area contributed by atoms with Crippen molar-refractivity contribution in [3.63, 3.8) is 0 Å². The lowest BCUT2D eigenvalue weighted by Crippen LogP contribution is -2.44. The molecule has 16 heavy (non-hydrogen) atoms. The van der Waals surface area contributed by atoms with Gasteiger partial charge >= 0.3 is 0 Å². The molecule has 1 N–H and O–H groups in total. The first-order valence-corrected chi connectivity index (χ1v) is 7.24. The normalized spacial score (nSPS) is 43.5. The summed E-state index contributed by atoms with van der Waals surface area (Å²) in [5, 5.41) is 3.97. The van der Waals surface area contributed by atoms with Gasteiger partial charge in [-0.05, 0) is 42.9 Å². The minimum absolute atomic E-state index is 0.564. The van der Waals surface area contributed by atoms with E-state index in [0.29, 0.717) is 5.41 Å². The van der Waals surface area contributed by atoms with Gasteiger partial charge in [0.1, 0.15) is 0 Å². The molecule has 2 aliphatic carbocycles. The predicted octanol–water partition coefficient (Wildman–Crippen LogP) is 3.98. The van der Waals surface area contributed by atoms with Crippen LogP contribution < -0.4 is 5.32 Å². The van der Waals surface area contributed by atoms with Gasteiger partial charge in [-0.15, -0.1) is 0 Å². The van der Waals surface area contributed by atoms with Crippen molar-refractivity contribution in [2.24, 2.45) is 17.3 Å². The maximum Gasteiger partial charge on any atom is 0.0101 e. The van der Waals surface area contributed by atoms with Gasteiger partial charge in [0.15, 0.2) is 0 Å². The van der Waals surface area contributed by atoms with Crippen LogP contribution in [0, 0.1) is 17.3 Å². The molecule has 0 aromatic heterocycles. The summed E-state index contributed by atoms with van der Waals surface area (Å²) >= 11 is 0. The van der Waals surface area contributed by atoms with Crippen LogP contribution in [0.1, 0.15) is 66.2 Å². The smallest absolute Gasteiger partial charge is 0.0101 e. The average Bonchev–Trinajstić information content (AvgIpc) is 2.44. The van der Waals surface area contributed by atoms with Crippen molar-refractivity contribution in [1.29, 1.82) is 0 Å². The fraction of sp³-hybridized carbons (Fsp3) is 1.00. The number of nitrogens with one attached hydrogen (secondary N) is 1. The Kier molecular flexibility index (Phi) is 3.63. The first-order valence-electron chi connectivity index (χ1n) is 7.24. The average molecular weight is 223 g/mol. The fourth-order valence-corrected chi connectivity index (χ4v) is 3.96. The fourth-order valence-electron chi connectivity index (χ4n) is 3.96. The number of hydrogen-bond donors (Lipinski definition) is 1. The van der Waals surface area contributed by atoms with Crippen LogP contribution >= 0.6 is 0 Å². The van der Waals surface area contributed by atoms with Crippen molar-refractivity contribution in [2.75, 3.05) is 0 Å². The molecule has 2 aliphatic rings. The minimum atomic E-state index is 0.564. The lowest BCUT2D eigenvalue weighted by atomic mass is 9.85. The third kappa shape index (κ3) is 2.80. The van der Waals surface area contributed by atoms with Crippen molar-refractivity contribution < 1.29 is 0 Å². The van der Waals surface area contributed by atoms with E-state index in [2.05, 4.69) is 33.0 Å². The Morgan fingerprint density at radius 3 is 2.12 bits per heavy atom. The maximum absolute atomic E-state index is 3.97. The Bertz CT molecular complexity index is 234. The van der Waals surface area contributed by atoms with Gasteiger partial charge in [0.2, 0.25) is 0 Å². The van der Waals surface area contributed by atoms with E-state index in [1.165, 1.54) is 38.5 Å². The van der Waals surface area contributed by atoms with Crippen molar-refractivity contribution >= 4 is 0 Å². The first kappa shape index (κ1) is 12.4. The summed E-state index contributed by atoms with van der Waals surface area (Å²) in [4.78, 5) is 0. The first-order chi connectivity index (χ1) is 7.48. The third-order valence-electron chi connectivity index (χ3n) is 4.87. The van der Waals surface area contributed by atoms with E-state index in [0.717, 1.165) is 23.9 Å². The lowest BCUT2D eigenvalue weighted by molar-refractivity contribution is 0.240. The molecule has 2 rings (SSSR count). The zero-order chi connectivity index (χ0) is 11.8. The molecule has 94 valence electrons. The van der Waals surface area contributed by atoms with Gasteiger partial charge in [0.05, 0.1) is 0 Å². The molecule has 0 heterocycles. The van der Waals surface area contributed by atoms with E-state index in [1.807, 2.05) is 0 Å². The maximum atomic E-state index is 3.97. The molecule has 0 aromatic rings. The van der Waals surface area contributed by atoms with E-state index in [-0.39, 0.29) is 0 Å². The summed E-state index contributed by atoms with van der Waals surface area (Å²) in [6.07, 6.45) is 8.49. The van der Waals surface area contributed by atoms with Crippen LogP contribution in [0.5, 0.6) is 0 Å². The summed E-state index contributed by atoms with van der Waals surface area (Å²) in [5.74, 6) is 1.76. The molecule has 0 saturated heterocycles. The standard InChI is InChI=1S/C15H29N/c1-11-7-5-6-8-13(11)16-14-10-15(3,4)9-12(14)2/h11-14,16H,5-10H2,1-4H3. The highest BCUT2D eigenvalue weighted by atomic mass is 15.0. The molecule has 0 amide bonds. The summed E-state index contributed by atoms with van der Waals surface area (Å²) in [5.41, 5.74) is 0.564.